The highest BCUT2D eigenvalue weighted by Gasteiger charge is 2.10. The second-order valence-corrected chi connectivity index (χ2v) is 7.17. The van der Waals surface area contributed by atoms with Crippen LogP contribution in [0, 0.1) is 0 Å². The monoisotopic (exact) mass is 554 g/mol. The second-order valence-electron chi connectivity index (χ2n) is 6.31. The van der Waals surface area contributed by atoms with Gasteiger partial charge in [-0.1, -0.05) is 12.1 Å². The Morgan fingerprint density at radius 2 is 2.04 bits per heavy atom. The molecule has 0 bridgehead atoms. The van der Waals surface area contributed by atoms with Crippen LogP contribution in [0.5, 0.6) is 5.75 Å². The molecule has 0 saturated carbocycles. The zero-order valence-electron chi connectivity index (χ0n) is 16.2. The Morgan fingerprint density at radius 1 is 1.30 bits per heavy atom. The number of halogens is 2. The van der Waals surface area contributed by atoms with Crippen LogP contribution in [0.3, 0.4) is 0 Å². The van der Waals surface area contributed by atoms with Crippen LogP contribution >= 0.6 is 39.9 Å². The highest BCUT2D eigenvalue weighted by atomic mass is 127. The third-order valence-corrected chi connectivity index (χ3v) is 4.72. The van der Waals surface area contributed by atoms with E-state index in [1.807, 2.05) is 31.2 Å². The molecule has 1 saturated heterocycles. The van der Waals surface area contributed by atoms with Gasteiger partial charge in [0.25, 0.3) is 0 Å². The van der Waals surface area contributed by atoms with Crippen molar-refractivity contribution in [1.82, 2.24) is 15.5 Å². The van der Waals surface area contributed by atoms with Gasteiger partial charge in [-0.15, -0.1) is 24.0 Å². The lowest BCUT2D eigenvalue weighted by atomic mass is 10.3. The number of benzene rings is 1. The number of morpholine rings is 1. The summed E-state index contributed by atoms with van der Waals surface area (Å²) in [4.78, 5) is 7.09. The van der Waals surface area contributed by atoms with E-state index >= 15 is 0 Å². The molecule has 6 nitrogen and oxygen atoms in total. The molecule has 0 aromatic heterocycles. The molecule has 0 amide bonds. The lowest BCUT2D eigenvalue weighted by Crippen LogP contribution is -2.41. The molecular weight excluding hydrogens is 523 g/mol. The first kappa shape index (κ1) is 24.5. The van der Waals surface area contributed by atoms with Crippen molar-refractivity contribution in [3.8, 4) is 5.75 Å². The Labute approximate surface area is 188 Å². The largest absolute Gasteiger partial charge is 0.488 e. The number of ether oxygens (including phenoxy) is 2. The molecule has 2 rings (SSSR count). The standard InChI is InChI=1S/C19H31BrN4O2.HI/c1-3-21-19(22-9-6-10-24-11-13-25-14-12-24)23-15-16(2)26-18-8-5-4-7-17(18)20;/h4-5,7-8,16H,3,6,9-15H2,1-2H3,(H2,21,22,23);1H. The van der Waals surface area contributed by atoms with Gasteiger partial charge in [0.2, 0.25) is 0 Å². The van der Waals surface area contributed by atoms with E-state index in [2.05, 4.69) is 43.4 Å². The molecule has 1 fully saturated rings. The van der Waals surface area contributed by atoms with E-state index < -0.39 is 0 Å². The first-order valence-electron chi connectivity index (χ1n) is 9.42. The zero-order chi connectivity index (χ0) is 18.6. The van der Waals surface area contributed by atoms with E-state index in [4.69, 9.17) is 9.47 Å². The summed E-state index contributed by atoms with van der Waals surface area (Å²) >= 11 is 3.51. The molecule has 0 radical (unpaired) electrons. The van der Waals surface area contributed by atoms with Crippen LogP contribution in [0.1, 0.15) is 20.3 Å². The molecular formula is C19H32BrIN4O2. The fourth-order valence-electron chi connectivity index (χ4n) is 2.69. The number of nitrogens with zero attached hydrogens (tertiary/aromatic N) is 2. The quantitative estimate of drug-likeness (QED) is 0.213. The number of rotatable bonds is 9. The first-order chi connectivity index (χ1) is 12.7. The van der Waals surface area contributed by atoms with E-state index in [-0.39, 0.29) is 30.1 Å². The lowest BCUT2D eigenvalue weighted by molar-refractivity contribution is 0.0376. The van der Waals surface area contributed by atoms with Gasteiger partial charge >= 0.3 is 0 Å². The van der Waals surface area contributed by atoms with Gasteiger partial charge in [0.1, 0.15) is 11.9 Å². The average molecular weight is 555 g/mol. The molecule has 1 heterocycles. The number of guanidine groups is 1. The third kappa shape index (κ3) is 9.96. The molecule has 1 aromatic carbocycles. The lowest BCUT2D eigenvalue weighted by Gasteiger charge is -2.26. The van der Waals surface area contributed by atoms with Gasteiger partial charge in [-0.3, -0.25) is 4.90 Å². The Balaban J connectivity index is 0.00000364. The molecule has 27 heavy (non-hydrogen) atoms. The SMILES string of the molecule is CCNC(=NCC(C)Oc1ccccc1Br)NCCCN1CCOCC1.I. The molecule has 0 aliphatic carbocycles. The van der Waals surface area contributed by atoms with Crippen LogP contribution in [0.15, 0.2) is 33.7 Å². The summed E-state index contributed by atoms with van der Waals surface area (Å²) in [5.74, 6) is 1.69. The molecule has 154 valence electrons. The average Bonchev–Trinajstić information content (AvgIpc) is 2.66. The normalized spacial score (nSPS) is 16.3. The second kappa shape index (κ2) is 14.4. The van der Waals surface area contributed by atoms with Crippen molar-refractivity contribution in [1.29, 1.82) is 0 Å². The number of nitrogens with one attached hydrogen (secondary N) is 2. The highest BCUT2D eigenvalue weighted by molar-refractivity contribution is 14.0. The summed E-state index contributed by atoms with van der Waals surface area (Å²) < 4.78 is 12.3. The smallest absolute Gasteiger partial charge is 0.191 e. The summed E-state index contributed by atoms with van der Waals surface area (Å²) in [5, 5.41) is 6.70. The number of hydrogen-bond donors (Lipinski definition) is 2. The van der Waals surface area contributed by atoms with Crippen LogP contribution in [-0.2, 0) is 4.74 Å². The summed E-state index contributed by atoms with van der Waals surface area (Å²) in [7, 11) is 0. The van der Waals surface area contributed by atoms with E-state index in [1.165, 1.54) is 0 Å². The number of hydrogen-bond acceptors (Lipinski definition) is 4. The number of aliphatic imine (C=N–C) groups is 1. The van der Waals surface area contributed by atoms with E-state index in [9.17, 15) is 0 Å². The Bertz CT molecular complexity index is 556. The Morgan fingerprint density at radius 3 is 2.74 bits per heavy atom. The van der Waals surface area contributed by atoms with Crippen molar-refractivity contribution in [2.45, 2.75) is 26.4 Å². The van der Waals surface area contributed by atoms with Gasteiger partial charge in [-0.05, 0) is 54.9 Å². The van der Waals surface area contributed by atoms with Gasteiger partial charge in [0, 0.05) is 26.2 Å². The van der Waals surface area contributed by atoms with Gasteiger partial charge in [-0.2, -0.15) is 0 Å². The minimum atomic E-state index is -0.00231. The van der Waals surface area contributed by atoms with Crippen LogP contribution in [0.2, 0.25) is 0 Å². The maximum Gasteiger partial charge on any atom is 0.191 e. The van der Waals surface area contributed by atoms with Crippen LogP contribution in [0.25, 0.3) is 0 Å². The third-order valence-electron chi connectivity index (χ3n) is 4.06. The predicted molar refractivity (Wildman–Crippen MR) is 126 cm³/mol. The van der Waals surface area contributed by atoms with Crippen molar-refractivity contribution >= 4 is 45.9 Å². The fraction of sp³-hybridized carbons (Fsp3) is 0.632. The van der Waals surface area contributed by atoms with Crippen molar-refractivity contribution in [2.75, 3.05) is 52.5 Å². The molecule has 1 aromatic rings. The minimum Gasteiger partial charge on any atom is -0.488 e. The maximum absolute atomic E-state index is 5.95. The van der Waals surface area contributed by atoms with Gasteiger partial charge in [-0.25, -0.2) is 4.99 Å². The first-order valence-corrected chi connectivity index (χ1v) is 10.2. The minimum absolute atomic E-state index is 0. The predicted octanol–water partition coefficient (Wildman–Crippen LogP) is 3.11. The Kier molecular flexibility index (Phi) is 13.1. The summed E-state index contributed by atoms with van der Waals surface area (Å²) in [6.07, 6.45) is 1.09. The molecule has 8 heteroatoms. The van der Waals surface area contributed by atoms with Crippen molar-refractivity contribution in [3.05, 3.63) is 28.7 Å². The molecule has 1 unspecified atom stereocenters. The van der Waals surface area contributed by atoms with Gasteiger partial charge in [0.15, 0.2) is 5.96 Å². The van der Waals surface area contributed by atoms with Crippen LogP contribution in [0.4, 0.5) is 0 Å². The molecule has 1 aliphatic heterocycles. The summed E-state index contributed by atoms with van der Waals surface area (Å²) in [6, 6.07) is 7.88. The molecule has 1 atom stereocenters. The number of para-hydroxylation sites is 1. The zero-order valence-corrected chi connectivity index (χ0v) is 20.2. The Hall–Kier alpha value is -0.580. The van der Waals surface area contributed by atoms with Gasteiger partial charge < -0.3 is 20.1 Å². The van der Waals surface area contributed by atoms with Crippen LogP contribution < -0.4 is 15.4 Å². The van der Waals surface area contributed by atoms with Gasteiger partial charge in [0.05, 0.1) is 24.2 Å². The highest BCUT2D eigenvalue weighted by Crippen LogP contribution is 2.24. The molecule has 1 aliphatic rings. The van der Waals surface area contributed by atoms with E-state index in [1.54, 1.807) is 0 Å². The topological polar surface area (TPSA) is 58.1 Å². The van der Waals surface area contributed by atoms with Crippen LogP contribution in [-0.4, -0.2) is 69.4 Å². The van der Waals surface area contributed by atoms with Crippen molar-refractivity contribution in [2.24, 2.45) is 4.99 Å². The fourth-order valence-corrected chi connectivity index (χ4v) is 3.07. The summed E-state index contributed by atoms with van der Waals surface area (Å²) in [5.41, 5.74) is 0. The molecule has 0 spiro atoms. The van der Waals surface area contributed by atoms with Crippen molar-refractivity contribution < 1.29 is 9.47 Å². The maximum atomic E-state index is 5.95. The van der Waals surface area contributed by atoms with E-state index in [0.29, 0.717) is 6.54 Å². The van der Waals surface area contributed by atoms with E-state index in [0.717, 1.165) is 68.5 Å². The molecule has 2 N–H and O–H groups in total. The summed E-state index contributed by atoms with van der Waals surface area (Å²) in [6.45, 7) is 11.3. The van der Waals surface area contributed by atoms with Crippen molar-refractivity contribution in [3.63, 3.8) is 0 Å².